The standard InChI is InChI=1S/C27H22N2O3/c30-24(20-9-5-2-6-10-20)16-27(22-11-12-23-21(15-22)13-14-28-23)17-25(31)29(26(27)32)18-19-7-3-1-4-8-19/h1-15,28H,16-18H2. The average Bonchev–Trinajstić information content (AvgIpc) is 3.39. The van der Waals surface area contributed by atoms with Crippen molar-refractivity contribution in [3.05, 3.63) is 108 Å². The number of carbonyl (C=O) groups excluding carboxylic acids is 3. The molecule has 1 aliphatic rings. The van der Waals surface area contributed by atoms with Crippen LogP contribution in [0.25, 0.3) is 10.9 Å². The molecule has 32 heavy (non-hydrogen) atoms. The van der Waals surface area contributed by atoms with Gasteiger partial charge in [0.2, 0.25) is 11.8 Å². The molecule has 1 aromatic heterocycles. The number of hydrogen-bond donors (Lipinski definition) is 1. The SMILES string of the molecule is O=C(CC1(c2ccc3[nH]ccc3c2)CC(=O)N(Cc2ccccc2)C1=O)c1ccccc1. The zero-order chi connectivity index (χ0) is 22.1. The average molecular weight is 422 g/mol. The molecule has 4 aromatic rings. The van der Waals surface area contributed by atoms with Gasteiger partial charge in [0.05, 0.1) is 12.0 Å². The van der Waals surface area contributed by atoms with Gasteiger partial charge in [-0.05, 0) is 34.7 Å². The van der Waals surface area contributed by atoms with E-state index in [9.17, 15) is 14.4 Å². The van der Waals surface area contributed by atoms with Crippen molar-refractivity contribution in [2.45, 2.75) is 24.8 Å². The summed E-state index contributed by atoms with van der Waals surface area (Å²) in [7, 11) is 0. The van der Waals surface area contributed by atoms with E-state index < -0.39 is 5.41 Å². The molecule has 1 saturated heterocycles. The minimum atomic E-state index is -1.22. The van der Waals surface area contributed by atoms with Crippen molar-refractivity contribution >= 4 is 28.5 Å². The second-order valence-corrected chi connectivity index (χ2v) is 8.28. The molecular weight excluding hydrogens is 400 g/mol. The molecule has 2 amide bonds. The Morgan fingerprint density at radius 1 is 0.906 bits per heavy atom. The number of nitrogens with zero attached hydrogens (tertiary/aromatic N) is 1. The van der Waals surface area contributed by atoms with Gasteiger partial charge in [0.25, 0.3) is 0 Å². The number of amides is 2. The Labute approximate surface area is 185 Å². The van der Waals surface area contributed by atoms with Gasteiger partial charge in [0.1, 0.15) is 0 Å². The van der Waals surface area contributed by atoms with Crippen LogP contribution in [0.5, 0.6) is 0 Å². The molecule has 2 heterocycles. The summed E-state index contributed by atoms with van der Waals surface area (Å²) >= 11 is 0. The summed E-state index contributed by atoms with van der Waals surface area (Å²) in [5.41, 5.74) is 1.83. The van der Waals surface area contributed by atoms with Crippen LogP contribution in [-0.2, 0) is 21.5 Å². The molecule has 0 radical (unpaired) electrons. The minimum Gasteiger partial charge on any atom is -0.361 e. The molecule has 0 bridgehead atoms. The van der Waals surface area contributed by atoms with Crippen LogP contribution in [0, 0.1) is 0 Å². The van der Waals surface area contributed by atoms with Crippen molar-refractivity contribution in [1.29, 1.82) is 0 Å². The van der Waals surface area contributed by atoms with Crippen LogP contribution in [0.4, 0.5) is 0 Å². The molecule has 1 aliphatic heterocycles. The number of nitrogens with one attached hydrogen (secondary N) is 1. The lowest BCUT2D eigenvalue weighted by Crippen LogP contribution is -2.39. The molecule has 1 N–H and O–H groups in total. The number of aromatic nitrogens is 1. The number of H-pyrrole nitrogens is 1. The molecule has 158 valence electrons. The Balaban J connectivity index is 1.57. The first kappa shape index (κ1) is 19.9. The van der Waals surface area contributed by atoms with Gasteiger partial charge in [-0.25, -0.2) is 0 Å². The predicted molar refractivity (Wildman–Crippen MR) is 122 cm³/mol. The van der Waals surface area contributed by atoms with E-state index in [-0.39, 0.29) is 37.0 Å². The number of Topliss-reactive ketones (excluding diaryl/α,β-unsaturated/α-hetero) is 1. The van der Waals surface area contributed by atoms with E-state index in [4.69, 9.17) is 0 Å². The van der Waals surface area contributed by atoms with Gasteiger partial charge in [0.15, 0.2) is 5.78 Å². The first-order chi connectivity index (χ1) is 15.6. The van der Waals surface area contributed by atoms with E-state index in [0.29, 0.717) is 11.1 Å². The van der Waals surface area contributed by atoms with E-state index >= 15 is 0 Å². The molecule has 5 heteroatoms. The summed E-state index contributed by atoms with van der Waals surface area (Å²) in [6, 6.07) is 26.0. The Morgan fingerprint density at radius 2 is 1.62 bits per heavy atom. The maximum absolute atomic E-state index is 13.8. The Morgan fingerprint density at radius 3 is 2.38 bits per heavy atom. The third-order valence-corrected chi connectivity index (χ3v) is 6.26. The van der Waals surface area contributed by atoms with Crippen LogP contribution in [0.3, 0.4) is 0 Å². The number of benzene rings is 3. The first-order valence-corrected chi connectivity index (χ1v) is 10.6. The normalized spacial score (nSPS) is 18.4. The molecule has 1 atom stereocenters. The minimum absolute atomic E-state index is 0.0207. The zero-order valence-corrected chi connectivity index (χ0v) is 17.5. The fraction of sp³-hybridized carbons (Fsp3) is 0.148. The van der Waals surface area contributed by atoms with Gasteiger partial charge in [-0.2, -0.15) is 0 Å². The lowest BCUT2D eigenvalue weighted by Gasteiger charge is -2.27. The number of ketones is 1. The number of imide groups is 1. The zero-order valence-electron chi connectivity index (χ0n) is 17.5. The highest BCUT2D eigenvalue weighted by molar-refractivity contribution is 6.12. The highest BCUT2D eigenvalue weighted by atomic mass is 16.2. The van der Waals surface area contributed by atoms with E-state index in [1.54, 1.807) is 24.3 Å². The third kappa shape index (κ3) is 3.42. The molecule has 1 fully saturated rings. The number of carbonyl (C=O) groups is 3. The summed E-state index contributed by atoms with van der Waals surface area (Å²) < 4.78 is 0. The summed E-state index contributed by atoms with van der Waals surface area (Å²) in [5, 5.41) is 0.941. The predicted octanol–water partition coefficient (Wildman–Crippen LogP) is 4.64. The van der Waals surface area contributed by atoms with Crippen molar-refractivity contribution in [1.82, 2.24) is 9.88 Å². The molecule has 5 nitrogen and oxygen atoms in total. The summed E-state index contributed by atoms with van der Waals surface area (Å²) in [6.07, 6.45) is 1.76. The second-order valence-electron chi connectivity index (χ2n) is 8.28. The number of rotatable bonds is 6. The van der Waals surface area contributed by atoms with E-state index in [0.717, 1.165) is 16.5 Å². The van der Waals surface area contributed by atoms with Crippen molar-refractivity contribution in [2.75, 3.05) is 0 Å². The van der Waals surface area contributed by atoms with Gasteiger partial charge in [-0.15, -0.1) is 0 Å². The first-order valence-electron chi connectivity index (χ1n) is 10.6. The molecule has 0 aliphatic carbocycles. The van der Waals surface area contributed by atoms with Crippen molar-refractivity contribution < 1.29 is 14.4 Å². The fourth-order valence-electron chi connectivity index (χ4n) is 4.54. The van der Waals surface area contributed by atoms with Crippen LogP contribution >= 0.6 is 0 Å². The van der Waals surface area contributed by atoms with E-state index in [1.807, 2.05) is 66.9 Å². The monoisotopic (exact) mass is 422 g/mol. The molecule has 0 spiro atoms. The second kappa shape index (κ2) is 7.93. The van der Waals surface area contributed by atoms with Crippen LogP contribution in [-0.4, -0.2) is 27.5 Å². The lowest BCUT2D eigenvalue weighted by molar-refractivity contribution is -0.140. The fourth-order valence-corrected chi connectivity index (χ4v) is 4.54. The number of hydrogen-bond acceptors (Lipinski definition) is 3. The van der Waals surface area contributed by atoms with Crippen LogP contribution in [0.15, 0.2) is 91.1 Å². The molecule has 0 saturated carbocycles. The topological polar surface area (TPSA) is 70.2 Å². The Hall–Kier alpha value is -3.99. The number of fused-ring (bicyclic) bond motifs is 1. The molecule has 3 aromatic carbocycles. The largest absolute Gasteiger partial charge is 0.361 e. The highest BCUT2D eigenvalue weighted by Gasteiger charge is 2.53. The van der Waals surface area contributed by atoms with Gasteiger partial charge < -0.3 is 4.98 Å². The quantitative estimate of drug-likeness (QED) is 0.364. The molecule has 1 unspecified atom stereocenters. The van der Waals surface area contributed by atoms with Gasteiger partial charge in [0, 0.05) is 30.1 Å². The third-order valence-electron chi connectivity index (χ3n) is 6.26. The number of likely N-dealkylation sites (tertiary alicyclic amines) is 1. The smallest absolute Gasteiger partial charge is 0.241 e. The van der Waals surface area contributed by atoms with Crippen molar-refractivity contribution in [3.8, 4) is 0 Å². The van der Waals surface area contributed by atoms with Crippen LogP contribution in [0.1, 0.15) is 34.3 Å². The Kier molecular flexibility index (Phi) is 4.94. The lowest BCUT2D eigenvalue weighted by atomic mass is 9.74. The van der Waals surface area contributed by atoms with Crippen LogP contribution in [0.2, 0.25) is 0 Å². The van der Waals surface area contributed by atoms with Crippen LogP contribution < -0.4 is 0 Å². The van der Waals surface area contributed by atoms with E-state index in [1.165, 1.54) is 4.90 Å². The summed E-state index contributed by atoms with van der Waals surface area (Å²) in [4.78, 5) is 44.6. The Bertz CT molecular complexity index is 1310. The summed E-state index contributed by atoms with van der Waals surface area (Å²) in [6.45, 7) is 0.201. The van der Waals surface area contributed by atoms with Crippen molar-refractivity contribution in [2.24, 2.45) is 0 Å². The van der Waals surface area contributed by atoms with Gasteiger partial charge in [-0.1, -0.05) is 66.7 Å². The maximum Gasteiger partial charge on any atom is 0.241 e. The van der Waals surface area contributed by atoms with Gasteiger partial charge >= 0.3 is 0 Å². The molecule has 5 rings (SSSR count). The van der Waals surface area contributed by atoms with Crippen molar-refractivity contribution in [3.63, 3.8) is 0 Å². The molecular formula is C27H22N2O3. The summed E-state index contributed by atoms with van der Waals surface area (Å²) in [5.74, 6) is -0.720. The van der Waals surface area contributed by atoms with Gasteiger partial charge in [-0.3, -0.25) is 19.3 Å². The van der Waals surface area contributed by atoms with E-state index in [2.05, 4.69) is 4.98 Å². The highest BCUT2D eigenvalue weighted by Crippen LogP contribution is 2.42. The number of aromatic amines is 1. The maximum atomic E-state index is 13.8.